The first-order valence-corrected chi connectivity index (χ1v) is 5.91. The molecule has 0 spiro atoms. The van der Waals surface area contributed by atoms with Gasteiger partial charge in [0.1, 0.15) is 6.10 Å². The molecule has 1 saturated carbocycles. The van der Waals surface area contributed by atoms with E-state index in [1.807, 2.05) is 27.7 Å². The monoisotopic (exact) mass is 228 g/mol. The first kappa shape index (κ1) is 13.7. The van der Waals surface area contributed by atoms with E-state index < -0.39 is 6.10 Å². The topological polar surface area (TPSA) is 46.5 Å². The van der Waals surface area contributed by atoms with E-state index in [0.717, 1.165) is 12.8 Å². The summed E-state index contributed by atoms with van der Waals surface area (Å²) in [7, 11) is 1.67. The fourth-order valence-electron chi connectivity index (χ4n) is 2.38. The molecule has 1 rings (SSSR count). The van der Waals surface area contributed by atoms with Gasteiger partial charge < -0.3 is 9.84 Å². The second kappa shape index (κ2) is 4.46. The van der Waals surface area contributed by atoms with Crippen molar-refractivity contribution in [2.45, 2.75) is 59.2 Å². The van der Waals surface area contributed by atoms with Gasteiger partial charge in [0.25, 0.3) is 0 Å². The Labute approximate surface area is 98.2 Å². The van der Waals surface area contributed by atoms with Gasteiger partial charge in [-0.2, -0.15) is 0 Å². The van der Waals surface area contributed by atoms with Crippen LogP contribution in [0, 0.1) is 10.8 Å². The Kier molecular flexibility index (Phi) is 3.80. The minimum Gasteiger partial charge on any atom is -0.385 e. The van der Waals surface area contributed by atoms with Crippen LogP contribution in [0.4, 0.5) is 0 Å². The first-order chi connectivity index (χ1) is 7.18. The number of hydrogen-bond acceptors (Lipinski definition) is 3. The van der Waals surface area contributed by atoms with Crippen molar-refractivity contribution in [2.24, 2.45) is 10.8 Å². The van der Waals surface area contributed by atoms with E-state index in [1.54, 1.807) is 7.11 Å². The Bertz CT molecular complexity index is 259. The maximum absolute atomic E-state index is 11.9. The van der Waals surface area contributed by atoms with Crippen molar-refractivity contribution in [2.75, 3.05) is 7.11 Å². The molecule has 0 aromatic rings. The average Bonchev–Trinajstić information content (AvgIpc) is 2.08. The SMILES string of the molecule is COC1CC(C)(C(O)C(=O)CC(C)(C)C)C1. The largest absolute Gasteiger partial charge is 0.385 e. The number of methoxy groups -OCH3 is 1. The Balaban J connectivity index is 2.52. The molecule has 1 unspecified atom stereocenters. The highest BCUT2D eigenvalue weighted by Crippen LogP contribution is 2.45. The minimum absolute atomic E-state index is 0.0375. The summed E-state index contributed by atoms with van der Waals surface area (Å²) in [6.45, 7) is 8.00. The van der Waals surface area contributed by atoms with Crippen LogP contribution in [0.25, 0.3) is 0 Å². The van der Waals surface area contributed by atoms with Crippen LogP contribution in [-0.2, 0) is 9.53 Å². The van der Waals surface area contributed by atoms with Crippen molar-refractivity contribution in [3.8, 4) is 0 Å². The summed E-state index contributed by atoms with van der Waals surface area (Å²) in [4.78, 5) is 11.9. The molecule has 16 heavy (non-hydrogen) atoms. The van der Waals surface area contributed by atoms with E-state index in [1.165, 1.54) is 0 Å². The van der Waals surface area contributed by atoms with E-state index in [4.69, 9.17) is 4.74 Å². The molecular formula is C13H24O3. The smallest absolute Gasteiger partial charge is 0.162 e. The lowest BCUT2D eigenvalue weighted by Gasteiger charge is -2.47. The van der Waals surface area contributed by atoms with Gasteiger partial charge in [0.15, 0.2) is 5.78 Å². The molecule has 0 amide bonds. The van der Waals surface area contributed by atoms with Crippen LogP contribution in [0.3, 0.4) is 0 Å². The number of Topliss-reactive ketones (excluding diaryl/α,β-unsaturated/α-hetero) is 1. The van der Waals surface area contributed by atoms with E-state index in [2.05, 4.69) is 0 Å². The summed E-state index contributed by atoms with van der Waals surface area (Å²) in [5, 5.41) is 10.1. The molecule has 0 aromatic heterocycles. The standard InChI is InChI=1S/C13H24O3/c1-12(2,3)8-10(14)11(15)13(4)6-9(7-13)16-5/h9,11,15H,6-8H2,1-5H3. The molecule has 1 aliphatic rings. The Morgan fingerprint density at radius 3 is 2.38 bits per heavy atom. The zero-order valence-electron chi connectivity index (χ0n) is 11.0. The van der Waals surface area contributed by atoms with E-state index >= 15 is 0 Å². The summed E-state index contributed by atoms with van der Waals surface area (Å²) < 4.78 is 5.19. The van der Waals surface area contributed by atoms with Gasteiger partial charge >= 0.3 is 0 Å². The fourth-order valence-corrected chi connectivity index (χ4v) is 2.38. The van der Waals surface area contributed by atoms with Gasteiger partial charge in [-0.05, 0) is 18.3 Å². The molecule has 1 N–H and O–H groups in total. The van der Waals surface area contributed by atoms with Crippen LogP contribution in [0.15, 0.2) is 0 Å². The first-order valence-electron chi connectivity index (χ1n) is 5.91. The van der Waals surface area contributed by atoms with Crippen LogP contribution < -0.4 is 0 Å². The van der Waals surface area contributed by atoms with Gasteiger partial charge in [0, 0.05) is 18.9 Å². The van der Waals surface area contributed by atoms with E-state index in [0.29, 0.717) is 6.42 Å². The number of carbonyl (C=O) groups excluding carboxylic acids is 1. The van der Waals surface area contributed by atoms with Crippen LogP contribution in [-0.4, -0.2) is 30.2 Å². The number of ether oxygens (including phenoxy) is 1. The normalized spacial score (nSPS) is 32.0. The third-order valence-electron chi connectivity index (χ3n) is 3.39. The zero-order valence-corrected chi connectivity index (χ0v) is 11.0. The third kappa shape index (κ3) is 3.05. The van der Waals surface area contributed by atoms with Crippen molar-refractivity contribution in [3.63, 3.8) is 0 Å². The molecule has 0 aromatic carbocycles. The summed E-state index contributed by atoms with van der Waals surface area (Å²) in [6, 6.07) is 0. The fraction of sp³-hybridized carbons (Fsp3) is 0.923. The van der Waals surface area contributed by atoms with Crippen LogP contribution in [0.2, 0.25) is 0 Å². The van der Waals surface area contributed by atoms with Crippen molar-refractivity contribution in [3.05, 3.63) is 0 Å². The van der Waals surface area contributed by atoms with Gasteiger partial charge in [-0.3, -0.25) is 4.79 Å². The highest BCUT2D eigenvalue weighted by Gasteiger charge is 2.48. The molecule has 0 bridgehead atoms. The number of ketones is 1. The molecule has 1 atom stereocenters. The average molecular weight is 228 g/mol. The number of aliphatic hydroxyl groups excluding tert-OH is 1. The lowest BCUT2D eigenvalue weighted by Crippen LogP contribution is -2.51. The van der Waals surface area contributed by atoms with Crippen LogP contribution in [0.1, 0.15) is 47.0 Å². The summed E-state index contributed by atoms with van der Waals surface area (Å²) >= 11 is 0. The minimum atomic E-state index is -0.835. The zero-order chi connectivity index (χ0) is 12.6. The second-order valence-corrected chi connectivity index (χ2v) is 6.53. The van der Waals surface area contributed by atoms with Crippen molar-refractivity contribution >= 4 is 5.78 Å². The molecule has 1 aliphatic carbocycles. The number of carbonyl (C=O) groups is 1. The third-order valence-corrected chi connectivity index (χ3v) is 3.39. The van der Waals surface area contributed by atoms with E-state index in [9.17, 15) is 9.90 Å². The molecule has 3 heteroatoms. The molecule has 3 nitrogen and oxygen atoms in total. The van der Waals surface area contributed by atoms with Crippen molar-refractivity contribution in [1.82, 2.24) is 0 Å². The Morgan fingerprint density at radius 1 is 1.50 bits per heavy atom. The Morgan fingerprint density at radius 2 is 2.00 bits per heavy atom. The van der Waals surface area contributed by atoms with Gasteiger partial charge in [-0.25, -0.2) is 0 Å². The molecule has 0 aliphatic heterocycles. The van der Waals surface area contributed by atoms with Gasteiger partial charge in [0.05, 0.1) is 6.10 Å². The van der Waals surface area contributed by atoms with Crippen LogP contribution >= 0.6 is 0 Å². The summed E-state index contributed by atoms with van der Waals surface area (Å²) in [5.41, 5.74) is -0.332. The predicted octanol–water partition coefficient (Wildman–Crippen LogP) is 2.17. The van der Waals surface area contributed by atoms with Gasteiger partial charge in [0.2, 0.25) is 0 Å². The molecule has 94 valence electrons. The molecule has 0 heterocycles. The molecule has 0 saturated heterocycles. The van der Waals surface area contributed by atoms with Gasteiger partial charge in [-0.15, -0.1) is 0 Å². The quantitative estimate of drug-likeness (QED) is 0.802. The number of hydrogen-bond donors (Lipinski definition) is 1. The molecular weight excluding hydrogens is 204 g/mol. The van der Waals surface area contributed by atoms with Crippen LogP contribution in [0.5, 0.6) is 0 Å². The van der Waals surface area contributed by atoms with Crippen molar-refractivity contribution < 1.29 is 14.6 Å². The molecule has 1 fully saturated rings. The number of aliphatic hydroxyl groups is 1. The molecule has 0 radical (unpaired) electrons. The summed E-state index contributed by atoms with van der Waals surface area (Å²) in [6.07, 6.45) is 1.36. The highest BCUT2D eigenvalue weighted by atomic mass is 16.5. The number of rotatable bonds is 4. The predicted molar refractivity (Wildman–Crippen MR) is 63.2 cm³/mol. The Hall–Kier alpha value is -0.410. The highest BCUT2D eigenvalue weighted by molar-refractivity contribution is 5.84. The lowest BCUT2D eigenvalue weighted by molar-refractivity contribution is -0.151. The van der Waals surface area contributed by atoms with E-state index in [-0.39, 0.29) is 22.7 Å². The maximum atomic E-state index is 11.9. The lowest BCUT2D eigenvalue weighted by atomic mass is 9.63. The maximum Gasteiger partial charge on any atom is 0.162 e. The summed E-state index contributed by atoms with van der Waals surface area (Å²) in [5.74, 6) is -0.0375. The van der Waals surface area contributed by atoms with Crippen molar-refractivity contribution in [1.29, 1.82) is 0 Å². The van der Waals surface area contributed by atoms with Gasteiger partial charge in [-0.1, -0.05) is 27.7 Å². The second-order valence-electron chi connectivity index (χ2n) is 6.53.